The second-order valence-corrected chi connectivity index (χ2v) is 11.4. The molecule has 2 aliphatic heterocycles. The number of piperazine rings is 1. The van der Waals surface area contributed by atoms with Crippen LogP contribution in [0.15, 0.2) is 60.8 Å². The van der Waals surface area contributed by atoms with Gasteiger partial charge in [-0.25, -0.2) is 4.98 Å². The zero-order chi connectivity index (χ0) is 28.9. The first-order chi connectivity index (χ1) is 20.6. The number of aromatic nitrogens is 2. The van der Waals surface area contributed by atoms with Crippen LogP contribution in [0, 0.1) is 6.92 Å². The van der Waals surface area contributed by atoms with Crippen LogP contribution in [-0.2, 0) is 28.9 Å². The summed E-state index contributed by atoms with van der Waals surface area (Å²) in [4.78, 5) is 21.2. The fourth-order valence-electron chi connectivity index (χ4n) is 6.50. The molecular weight excluding hydrogens is 524 g/mol. The number of carbonyl (C=O) groups excluding carboxylic acids is 1. The van der Waals surface area contributed by atoms with E-state index in [1.165, 1.54) is 45.3 Å². The lowest BCUT2D eigenvalue weighted by Gasteiger charge is -2.35. The number of anilines is 1. The number of carbonyl (C=O) groups is 1. The molecule has 0 atom stereocenters. The van der Waals surface area contributed by atoms with Crippen LogP contribution >= 0.6 is 0 Å². The summed E-state index contributed by atoms with van der Waals surface area (Å²) in [7, 11) is 0. The van der Waals surface area contributed by atoms with Gasteiger partial charge in [0.25, 0.3) is 0 Å². The summed E-state index contributed by atoms with van der Waals surface area (Å²) >= 11 is 0. The Morgan fingerprint density at radius 3 is 2.62 bits per heavy atom. The average molecular weight is 567 g/mol. The highest BCUT2D eigenvalue weighted by atomic mass is 16.5. The quantitative estimate of drug-likeness (QED) is 0.163. The summed E-state index contributed by atoms with van der Waals surface area (Å²) in [5.41, 5.74) is 8.20. The maximum atomic E-state index is 11.6. The summed E-state index contributed by atoms with van der Waals surface area (Å²) in [6.45, 7) is 11.1. The molecular formula is C35H42N4O3. The highest BCUT2D eigenvalue weighted by Gasteiger charge is 2.24. The molecule has 1 fully saturated rings. The van der Waals surface area contributed by atoms with Crippen molar-refractivity contribution in [3.8, 4) is 17.0 Å². The van der Waals surface area contributed by atoms with Gasteiger partial charge in [0.15, 0.2) is 0 Å². The number of hydrogen-bond acceptors (Lipinski definition) is 6. The summed E-state index contributed by atoms with van der Waals surface area (Å²) in [5.74, 6) is 1.76. The molecule has 0 amide bonds. The van der Waals surface area contributed by atoms with Gasteiger partial charge in [-0.2, -0.15) is 0 Å². The van der Waals surface area contributed by atoms with Crippen molar-refractivity contribution < 1.29 is 14.3 Å². The average Bonchev–Trinajstić information content (AvgIpc) is 3.34. The van der Waals surface area contributed by atoms with Crippen LogP contribution in [0.1, 0.15) is 42.9 Å². The first-order valence-electron chi connectivity index (χ1n) is 15.5. The van der Waals surface area contributed by atoms with E-state index < -0.39 is 0 Å². The van der Waals surface area contributed by atoms with E-state index in [2.05, 4.69) is 80.9 Å². The maximum Gasteiger partial charge on any atom is 0.305 e. The van der Waals surface area contributed by atoms with Crippen molar-refractivity contribution in [1.29, 1.82) is 0 Å². The lowest BCUT2D eigenvalue weighted by atomic mass is 10.00. The van der Waals surface area contributed by atoms with Gasteiger partial charge in [0.1, 0.15) is 11.6 Å². The van der Waals surface area contributed by atoms with Gasteiger partial charge in [0, 0.05) is 57.3 Å². The number of rotatable bonds is 11. The van der Waals surface area contributed by atoms with E-state index in [1.54, 1.807) is 0 Å². The number of benzene rings is 2. The molecule has 4 heterocycles. The van der Waals surface area contributed by atoms with Crippen LogP contribution in [0.4, 0.5) is 5.82 Å². The van der Waals surface area contributed by atoms with Gasteiger partial charge >= 0.3 is 5.97 Å². The molecule has 4 aromatic rings. The number of ether oxygens (including phenoxy) is 2. The highest BCUT2D eigenvalue weighted by molar-refractivity contribution is 5.94. The summed E-state index contributed by atoms with van der Waals surface area (Å²) < 4.78 is 13.5. The monoisotopic (exact) mass is 566 g/mol. The minimum Gasteiger partial charge on any atom is -0.494 e. The third-order valence-corrected chi connectivity index (χ3v) is 8.60. The lowest BCUT2D eigenvalue weighted by Crippen LogP contribution is -2.47. The van der Waals surface area contributed by atoms with Gasteiger partial charge in [-0.05, 0) is 98.2 Å². The number of hydrogen-bond donors (Lipinski definition) is 0. The fourth-order valence-corrected chi connectivity index (χ4v) is 6.50. The zero-order valence-corrected chi connectivity index (χ0v) is 25.0. The van der Waals surface area contributed by atoms with E-state index >= 15 is 0 Å². The van der Waals surface area contributed by atoms with Crippen molar-refractivity contribution in [3.63, 3.8) is 0 Å². The van der Waals surface area contributed by atoms with Gasteiger partial charge in [-0.3, -0.25) is 9.69 Å². The molecule has 0 bridgehead atoms. The predicted molar refractivity (Wildman–Crippen MR) is 168 cm³/mol. The largest absolute Gasteiger partial charge is 0.494 e. The Bertz CT molecular complexity index is 1520. The van der Waals surface area contributed by atoms with Crippen LogP contribution < -0.4 is 9.64 Å². The summed E-state index contributed by atoms with van der Waals surface area (Å²) in [5, 5.41) is 1.41. The second kappa shape index (κ2) is 13.0. The molecule has 0 radical (unpaired) electrons. The minimum absolute atomic E-state index is 0.164. The van der Waals surface area contributed by atoms with Crippen LogP contribution in [0.2, 0.25) is 0 Å². The Hall–Kier alpha value is -3.84. The Kier molecular flexibility index (Phi) is 8.75. The van der Waals surface area contributed by atoms with Gasteiger partial charge in [0.2, 0.25) is 0 Å². The number of esters is 1. The fraction of sp³-hybridized carbons (Fsp3) is 0.429. The molecule has 0 spiro atoms. The summed E-state index contributed by atoms with van der Waals surface area (Å²) in [6, 6.07) is 19.6. The van der Waals surface area contributed by atoms with E-state index in [1.807, 2.05) is 13.1 Å². The topological polar surface area (TPSA) is 59.8 Å². The third-order valence-electron chi connectivity index (χ3n) is 8.60. The molecule has 0 saturated carbocycles. The Morgan fingerprint density at radius 1 is 1.00 bits per heavy atom. The Labute approximate surface area is 249 Å². The van der Waals surface area contributed by atoms with Crippen LogP contribution in [-0.4, -0.2) is 66.4 Å². The van der Waals surface area contributed by atoms with E-state index in [0.717, 1.165) is 63.7 Å². The Morgan fingerprint density at radius 2 is 1.83 bits per heavy atom. The standard InChI is InChI=1S/C35H42N4O3/c1-3-41-33(40)10-6-24-42-29-13-11-28(12-14-29)35-31(30-9-4-7-27-8-5-18-39(35)34(27)30)16-19-37-20-22-38(23-21-37)32-25-26(2)15-17-36-32/h4,7,9,11-15,17,25H,3,5-6,8,10,16,18-24H2,1-2H3. The SMILES string of the molecule is CCOC(=O)CCCOc1ccc(-c2c(CCN3CCN(c4cc(C)ccn4)CC3)c3cccc4c3n2CCC4)cc1. The van der Waals surface area contributed by atoms with Crippen LogP contribution in [0.25, 0.3) is 22.2 Å². The van der Waals surface area contributed by atoms with Crippen molar-refractivity contribution in [1.82, 2.24) is 14.5 Å². The van der Waals surface area contributed by atoms with E-state index in [9.17, 15) is 4.79 Å². The molecule has 2 aromatic carbocycles. The molecule has 7 nitrogen and oxygen atoms in total. The molecule has 0 unspecified atom stereocenters. The molecule has 2 aliphatic rings. The molecule has 7 heteroatoms. The first-order valence-corrected chi connectivity index (χ1v) is 15.5. The highest BCUT2D eigenvalue weighted by Crippen LogP contribution is 2.39. The van der Waals surface area contributed by atoms with Crippen LogP contribution in [0.3, 0.4) is 0 Å². The van der Waals surface area contributed by atoms with Crippen molar-refractivity contribution >= 4 is 22.7 Å². The van der Waals surface area contributed by atoms with Gasteiger partial charge < -0.3 is 18.9 Å². The second-order valence-electron chi connectivity index (χ2n) is 11.4. The van der Waals surface area contributed by atoms with Crippen molar-refractivity contribution in [2.45, 2.75) is 52.5 Å². The van der Waals surface area contributed by atoms with E-state index in [4.69, 9.17) is 9.47 Å². The summed E-state index contributed by atoms with van der Waals surface area (Å²) in [6.07, 6.45) is 6.29. The minimum atomic E-state index is -0.164. The normalized spacial score (nSPS) is 15.2. The number of aryl methyl sites for hydroxylation is 3. The number of pyridine rings is 1. The zero-order valence-electron chi connectivity index (χ0n) is 25.0. The predicted octanol–water partition coefficient (Wildman–Crippen LogP) is 6.04. The maximum absolute atomic E-state index is 11.6. The lowest BCUT2D eigenvalue weighted by molar-refractivity contribution is -0.143. The van der Waals surface area contributed by atoms with E-state index in [0.29, 0.717) is 26.1 Å². The third kappa shape index (κ3) is 6.16. The Balaban J connectivity index is 1.17. The van der Waals surface area contributed by atoms with Gasteiger partial charge in [0.05, 0.1) is 24.4 Å². The smallest absolute Gasteiger partial charge is 0.305 e. The molecule has 6 rings (SSSR count). The molecule has 220 valence electrons. The van der Waals surface area contributed by atoms with E-state index in [-0.39, 0.29) is 5.97 Å². The molecule has 42 heavy (non-hydrogen) atoms. The molecule has 2 aromatic heterocycles. The van der Waals surface area contributed by atoms with Crippen molar-refractivity contribution in [3.05, 3.63) is 77.5 Å². The first kappa shape index (κ1) is 28.3. The molecule has 0 N–H and O–H groups in total. The van der Waals surface area contributed by atoms with Crippen molar-refractivity contribution in [2.24, 2.45) is 0 Å². The number of para-hydroxylation sites is 1. The molecule has 1 saturated heterocycles. The molecule has 0 aliphatic carbocycles. The van der Waals surface area contributed by atoms with Gasteiger partial charge in [-0.15, -0.1) is 0 Å². The van der Waals surface area contributed by atoms with Crippen LogP contribution in [0.5, 0.6) is 5.75 Å². The number of nitrogens with zero attached hydrogens (tertiary/aromatic N) is 4. The van der Waals surface area contributed by atoms with Gasteiger partial charge in [-0.1, -0.05) is 18.2 Å². The van der Waals surface area contributed by atoms with Crippen molar-refractivity contribution in [2.75, 3.05) is 50.8 Å².